The molecule has 45 heavy (non-hydrogen) atoms. The van der Waals surface area contributed by atoms with Crippen LogP contribution in [0.3, 0.4) is 0 Å². The van der Waals surface area contributed by atoms with Crippen LogP contribution in [0.25, 0.3) is 0 Å². The fourth-order valence-corrected chi connectivity index (χ4v) is 6.65. The molecule has 0 saturated heterocycles. The Bertz CT molecular complexity index is 1700. The van der Waals surface area contributed by atoms with E-state index in [0.717, 1.165) is 27.8 Å². The Morgan fingerprint density at radius 2 is 1.27 bits per heavy atom. The van der Waals surface area contributed by atoms with E-state index in [9.17, 15) is 18.0 Å². The minimum atomic E-state index is -4.15. The number of rotatable bonds is 11. The molecular weight excluding hydrogens is 582 g/mol. The Kier molecular flexibility index (Phi) is 10.5. The van der Waals surface area contributed by atoms with Gasteiger partial charge in [-0.05, 0) is 88.1 Å². The van der Waals surface area contributed by atoms with Crippen LogP contribution in [0.15, 0.2) is 108 Å². The molecular formula is C37H43N3O4S. The minimum Gasteiger partial charge on any atom is -0.350 e. The Hall–Kier alpha value is -4.43. The number of carbonyl (C=O) groups excluding carboxylic acids is 2. The number of hydrogen-bond acceptors (Lipinski definition) is 4. The highest BCUT2D eigenvalue weighted by atomic mass is 32.2. The second kappa shape index (κ2) is 14.1. The van der Waals surface area contributed by atoms with Crippen molar-refractivity contribution in [1.29, 1.82) is 0 Å². The number of carbonyl (C=O) groups is 2. The zero-order valence-electron chi connectivity index (χ0n) is 26.9. The molecule has 0 fully saturated rings. The van der Waals surface area contributed by atoms with E-state index in [1.165, 1.54) is 9.21 Å². The van der Waals surface area contributed by atoms with Crippen LogP contribution in [0.2, 0.25) is 0 Å². The van der Waals surface area contributed by atoms with Gasteiger partial charge in [-0.15, -0.1) is 0 Å². The maximum absolute atomic E-state index is 14.6. The van der Waals surface area contributed by atoms with Gasteiger partial charge in [-0.25, -0.2) is 8.42 Å². The molecule has 1 N–H and O–H groups in total. The van der Waals surface area contributed by atoms with E-state index in [4.69, 9.17) is 0 Å². The highest BCUT2D eigenvalue weighted by molar-refractivity contribution is 7.92. The molecule has 236 valence electrons. The maximum atomic E-state index is 14.6. The van der Waals surface area contributed by atoms with Gasteiger partial charge in [0.1, 0.15) is 12.6 Å². The summed E-state index contributed by atoms with van der Waals surface area (Å²) in [5.74, 6) is -0.798. The topological polar surface area (TPSA) is 86.8 Å². The normalized spacial score (nSPS) is 12.3. The van der Waals surface area contributed by atoms with Gasteiger partial charge in [-0.3, -0.25) is 13.9 Å². The molecule has 0 aliphatic rings. The molecule has 0 saturated carbocycles. The minimum absolute atomic E-state index is 0.0842. The molecule has 4 aromatic carbocycles. The van der Waals surface area contributed by atoms with Gasteiger partial charge in [0.25, 0.3) is 10.0 Å². The molecule has 0 unspecified atom stereocenters. The van der Waals surface area contributed by atoms with Crippen molar-refractivity contribution in [2.24, 2.45) is 0 Å². The van der Waals surface area contributed by atoms with Crippen molar-refractivity contribution >= 4 is 27.5 Å². The molecule has 0 spiro atoms. The highest BCUT2D eigenvalue weighted by Crippen LogP contribution is 2.27. The summed E-state index contributed by atoms with van der Waals surface area (Å²) >= 11 is 0. The van der Waals surface area contributed by atoms with E-state index in [0.29, 0.717) is 5.69 Å². The molecule has 1 atom stereocenters. The summed E-state index contributed by atoms with van der Waals surface area (Å²) < 4.78 is 29.6. The molecule has 0 radical (unpaired) electrons. The summed E-state index contributed by atoms with van der Waals surface area (Å²) in [5.41, 5.74) is 4.21. The quantitative estimate of drug-likeness (QED) is 0.210. The first kappa shape index (κ1) is 33.5. The molecule has 0 aromatic heterocycles. The number of amides is 2. The van der Waals surface area contributed by atoms with E-state index in [1.54, 1.807) is 36.4 Å². The fraction of sp³-hybridized carbons (Fsp3) is 0.297. The zero-order chi connectivity index (χ0) is 32.8. The third-order valence-corrected chi connectivity index (χ3v) is 9.14. The Morgan fingerprint density at radius 3 is 1.80 bits per heavy atom. The summed E-state index contributed by atoms with van der Waals surface area (Å²) in [6, 6.07) is 30.2. The van der Waals surface area contributed by atoms with Crippen LogP contribution >= 0.6 is 0 Å². The van der Waals surface area contributed by atoms with Gasteiger partial charge in [-0.1, -0.05) is 84.4 Å². The third kappa shape index (κ3) is 9.05. The van der Waals surface area contributed by atoms with Crippen molar-refractivity contribution in [3.63, 3.8) is 0 Å². The van der Waals surface area contributed by atoms with Crippen LogP contribution in [0.4, 0.5) is 5.69 Å². The fourth-order valence-electron chi connectivity index (χ4n) is 5.25. The molecule has 4 aromatic rings. The Morgan fingerprint density at radius 1 is 0.733 bits per heavy atom. The SMILES string of the molecule is Cc1ccc(S(=O)(=O)N(CC(=O)N(Cc2ccccc2)[C@H](Cc2ccccc2)C(=O)NC(C)(C)C)c2cc(C)cc(C)c2)cc1. The van der Waals surface area contributed by atoms with Crippen LogP contribution in [0, 0.1) is 20.8 Å². The second-order valence-corrected chi connectivity index (χ2v) is 14.5. The number of benzene rings is 4. The number of aryl methyl sites for hydroxylation is 3. The average molecular weight is 626 g/mol. The van der Waals surface area contributed by atoms with Crippen LogP contribution < -0.4 is 9.62 Å². The largest absolute Gasteiger partial charge is 0.350 e. The van der Waals surface area contributed by atoms with E-state index >= 15 is 0 Å². The number of sulfonamides is 1. The molecule has 0 aliphatic heterocycles. The van der Waals surface area contributed by atoms with Crippen molar-refractivity contribution in [3.05, 3.63) is 131 Å². The molecule has 8 heteroatoms. The first-order chi connectivity index (χ1) is 21.2. The van der Waals surface area contributed by atoms with Crippen molar-refractivity contribution in [2.45, 2.75) is 71.0 Å². The predicted octanol–water partition coefficient (Wildman–Crippen LogP) is 6.36. The van der Waals surface area contributed by atoms with Crippen molar-refractivity contribution in [3.8, 4) is 0 Å². The van der Waals surface area contributed by atoms with Crippen molar-refractivity contribution in [2.75, 3.05) is 10.8 Å². The lowest BCUT2D eigenvalue weighted by Gasteiger charge is -2.35. The summed E-state index contributed by atoms with van der Waals surface area (Å²) in [4.78, 5) is 30.1. The van der Waals surface area contributed by atoms with Gasteiger partial charge in [0.15, 0.2) is 0 Å². The van der Waals surface area contributed by atoms with Gasteiger partial charge in [0.2, 0.25) is 11.8 Å². The van der Waals surface area contributed by atoms with Crippen molar-refractivity contribution in [1.82, 2.24) is 10.2 Å². The highest BCUT2D eigenvalue weighted by Gasteiger charge is 2.35. The molecule has 0 aliphatic carbocycles. The molecule has 2 amide bonds. The van der Waals surface area contributed by atoms with Crippen molar-refractivity contribution < 1.29 is 18.0 Å². The second-order valence-electron chi connectivity index (χ2n) is 12.6. The van der Waals surface area contributed by atoms with Crippen LogP contribution in [0.1, 0.15) is 48.6 Å². The first-order valence-electron chi connectivity index (χ1n) is 15.1. The number of nitrogens with one attached hydrogen (secondary N) is 1. The molecule has 0 heterocycles. The average Bonchev–Trinajstić information content (AvgIpc) is 2.97. The standard InChI is InChI=1S/C37H43N3O4S/c1-27-17-19-33(20-18-27)45(43,44)40(32-22-28(2)21-29(3)23-32)26-35(41)39(25-31-15-11-8-12-16-31)34(36(42)38-37(4,5)6)24-30-13-9-7-10-14-30/h7-23,34H,24-26H2,1-6H3,(H,38,42)/t34-/m1/s1. The molecule has 7 nitrogen and oxygen atoms in total. The summed E-state index contributed by atoms with van der Waals surface area (Å²) in [6.45, 7) is 11.0. The van der Waals surface area contributed by atoms with Crippen LogP contribution in [-0.4, -0.2) is 43.3 Å². The number of nitrogens with zero attached hydrogens (tertiary/aromatic N) is 2. The van der Waals surface area contributed by atoms with Gasteiger partial charge in [0.05, 0.1) is 10.6 Å². The number of anilines is 1. The molecule has 4 rings (SSSR count). The first-order valence-corrected chi connectivity index (χ1v) is 16.5. The van der Waals surface area contributed by atoms with Crippen LogP contribution in [0.5, 0.6) is 0 Å². The van der Waals surface area contributed by atoms with Gasteiger partial charge in [-0.2, -0.15) is 0 Å². The van der Waals surface area contributed by atoms with Crippen LogP contribution in [-0.2, 0) is 32.6 Å². The third-order valence-electron chi connectivity index (χ3n) is 7.35. The lowest BCUT2D eigenvalue weighted by atomic mass is 10.0. The lowest BCUT2D eigenvalue weighted by Crippen LogP contribution is -2.56. The van der Waals surface area contributed by atoms with E-state index in [1.807, 2.05) is 108 Å². The van der Waals surface area contributed by atoms with Gasteiger partial charge in [0, 0.05) is 18.5 Å². The summed E-state index contributed by atoms with van der Waals surface area (Å²) in [5, 5.41) is 3.06. The lowest BCUT2D eigenvalue weighted by molar-refractivity contribution is -0.140. The Labute approximate surface area is 268 Å². The van der Waals surface area contributed by atoms with E-state index in [2.05, 4.69) is 5.32 Å². The Balaban J connectivity index is 1.83. The van der Waals surface area contributed by atoms with Gasteiger partial charge >= 0.3 is 0 Å². The smallest absolute Gasteiger partial charge is 0.264 e. The number of hydrogen-bond donors (Lipinski definition) is 1. The van der Waals surface area contributed by atoms with E-state index in [-0.39, 0.29) is 23.8 Å². The maximum Gasteiger partial charge on any atom is 0.264 e. The predicted molar refractivity (Wildman–Crippen MR) is 180 cm³/mol. The van der Waals surface area contributed by atoms with E-state index < -0.39 is 34.1 Å². The van der Waals surface area contributed by atoms with Gasteiger partial charge < -0.3 is 10.2 Å². The summed E-state index contributed by atoms with van der Waals surface area (Å²) in [6.07, 6.45) is 0.260. The summed E-state index contributed by atoms with van der Waals surface area (Å²) in [7, 11) is -4.15. The monoisotopic (exact) mass is 625 g/mol. The molecule has 0 bridgehead atoms. The zero-order valence-corrected chi connectivity index (χ0v) is 27.8.